The standard InChI is InChI=1S/C13H9Cl2NO2/c14-9-5-3-6-10(15)12(9)16-11-7-2-1-4-8(11)13(17)18/h1-7,16H,(H,17,18)/p-1. The van der Waals surface area contributed by atoms with Crippen LogP contribution in [0.5, 0.6) is 0 Å². The number of para-hydroxylation sites is 2. The van der Waals surface area contributed by atoms with Gasteiger partial charge in [0.05, 0.1) is 21.7 Å². The summed E-state index contributed by atoms with van der Waals surface area (Å²) < 4.78 is 0. The minimum Gasteiger partial charge on any atom is -0.545 e. The van der Waals surface area contributed by atoms with Gasteiger partial charge < -0.3 is 15.2 Å². The van der Waals surface area contributed by atoms with E-state index in [1.807, 2.05) is 0 Å². The lowest BCUT2D eigenvalue weighted by Gasteiger charge is -2.14. The van der Waals surface area contributed by atoms with Crippen molar-refractivity contribution in [2.24, 2.45) is 0 Å². The number of hydrogen-bond acceptors (Lipinski definition) is 3. The Morgan fingerprint density at radius 1 is 1.00 bits per heavy atom. The topological polar surface area (TPSA) is 52.2 Å². The van der Waals surface area contributed by atoms with Gasteiger partial charge in [0, 0.05) is 11.3 Å². The Morgan fingerprint density at radius 2 is 1.61 bits per heavy atom. The molecule has 3 nitrogen and oxygen atoms in total. The van der Waals surface area contributed by atoms with Gasteiger partial charge in [-0.25, -0.2) is 0 Å². The van der Waals surface area contributed by atoms with Crippen molar-refractivity contribution in [3.8, 4) is 0 Å². The van der Waals surface area contributed by atoms with Gasteiger partial charge in [-0.05, 0) is 18.2 Å². The maximum atomic E-state index is 11.0. The number of carboxylic acid groups (broad SMARTS) is 1. The smallest absolute Gasteiger partial charge is 0.0763 e. The van der Waals surface area contributed by atoms with E-state index in [1.165, 1.54) is 6.07 Å². The number of aromatic carboxylic acids is 1. The number of hydrogen-bond donors (Lipinski definition) is 1. The SMILES string of the molecule is O=C([O-])c1ccccc1Nc1c(Cl)cccc1Cl. The van der Waals surface area contributed by atoms with Gasteiger partial charge in [-0.3, -0.25) is 0 Å². The molecule has 0 aliphatic carbocycles. The largest absolute Gasteiger partial charge is 0.545 e. The Hall–Kier alpha value is -1.71. The summed E-state index contributed by atoms with van der Waals surface area (Å²) in [6.07, 6.45) is 0. The average Bonchev–Trinajstić information content (AvgIpc) is 2.34. The third-order valence-corrected chi connectivity index (χ3v) is 3.00. The highest BCUT2D eigenvalue weighted by Crippen LogP contribution is 2.33. The zero-order chi connectivity index (χ0) is 13.1. The van der Waals surface area contributed by atoms with Crippen LogP contribution in [0.4, 0.5) is 11.4 Å². The van der Waals surface area contributed by atoms with E-state index in [-0.39, 0.29) is 5.56 Å². The molecule has 0 aliphatic heterocycles. The van der Waals surface area contributed by atoms with Crippen LogP contribution in [0, 0.1) is 0 Å². The Labute approximate surface area is 114 Å². The molecular formula is C13H8Cl2NO2-. The van der Waals surface area contributed by atoms with Crippen LogP contribution < -0.4 is 10.4 Å². The number of benzene rings is 2. The first kappa shape index (κ1) is 12.7. The third-order valence-electron chi connectivity index (χ3n) is 2.37. The molecule has 18 heavy (non-hydrogen) atoms. The predicted molar refractivity (Wildman–Crippen MR) is 70.5 cm³/mol. The minimum absolute atomic E-state index is 0.0495. The van der Waals surface area contributed by atoms with E-state index in [1.54, 1.807) is 36.4 Å². The van der Waals surface area contributed by atoms with Crippen LogP contribution in [-0.2, 0) is 0 Å². The summed E-state index contributed by atoms with van der Waals surface area (Å²) in [5.74, 6) is -1.26. The molecule has 0 bridgehead atoms. The Balaban J connectivity index is 2.43. The molecule has 0 aliphatic rings. The molecule has 5 heteroatoms. The summed E-state index contributed by atoms with van der Waals surface area (Å²) in [6, 6.07) is 11.4. The molecule has 0 atom stereocenters. The zero-order valence-electron chi connectivity index (χ0n) is 9.11. The second-order valence-electron chi connectivity index (χ2n) is 3.55. The summed E-state index contributed by atoms with van der Waals surface area (Å²) in [4.78, 5) is 11.0. The number of nitrogens with one attached hydrogen (secondary N) is 1. The predicted octanol–water partition coefficient (Wildman–Crippen LogP) is 3.10. The van der Waals surface area contributed by atoms with Crippen LogP contribution in [0.3, 0.4) is 0 Å². The fourth-order valence-corrected chi connectivity index (χ4v) is 2.01. The molecule has 0 radical (unpaired) electrons. The van der Waals surface area contributed by atoms with Gasteiger partial charge in [-0.2, -0.15) is 0 Å². The molecule has 2 rings (SSSR count). The number of carbonyl (C=O) groups excluding carboxylic acids is 1. The Morgan fingerprint density at radius 3 is 2.22 bits per heavy atom. The van der Waals surface area contributed by atoms with Crippen LogP contribution in [-0.4, -0.2) is 5.97 Å². The first-order chi connectivity index (χ1) is 8.59. The van der Waals surface area contributed by atoms with Gasteiger partial charge in [0.2, 0.25) is 0 Å². The van der Waals surface area contributed by atoms with Crippen molar-refractivity contribution in [2.45, 2.75) is 0 Å². The maximum absolute atomic E-state index is 11.0. The summed E-state index contributed by atoms with van der Waals surface area (Å²) in [5.41, 5.74) is 0.899. The van der Waals surface area contributed by atoms with Gasteiger partial charge in [-0.1, -0.05) is 47.5 Å². The molecule has 0 spiro atoms. The van der Waals surface area contributed by atoms with Crippen molar-refractivity contribution in [2.75, 3.05) is 5.32 Å². The van der Waals surface area contributed by atoms with Crippen molar-refractivity contribution in [1.29, 1.82) is 0 Å². The fraction of sp³-hybridized carbons (Fsp3) is 0. The van der Waals surface area contributed by atoms with Crippen LogP contribution in [0.2, 0.25) is 10.0 Å². The van der Waals surface area contributed by atoms with Crippen molar-refractivity contribution in [3.63, 3.8) is 0 Å². The highest BCUT2D eigenvalue weighted by atomic mass is 35.5. The molecule has 0 fully saturated rings. The Bertz CT molecular complexity index is 579. The van der Waals surface area contributed by atoms with Gasteiger partial charge in [-0.15, -0.1) is 0 Å². The lowest BCUT2D eigenvalue weighted by Crippen LogP contribution is -2.23. The number of carbonyl (C=O) groups is 1. The van der Waals surface area contributed by atoms with Crippen molar-refractivity contribution in [1.82, 2.24) is 0 Å². The summed E-state index contributed by atoms with van der Waals surface area (Å²) in [6.45, 7) is 0. The van der Waals surface area contributed by atoms with E-state index in [0.29, 0.717) is 21.4 Å². The van der Waals surface area contributed by atoms with Crippen molar-refractivity contribution in [3.05, 3.63) is 58.1 Å². The van der Waals surface area contributed by atoms with Crippen LogP contribution in [0.25, 0.3) is 0 Å². The molecule has 1 N–H and O–H groups in total. The van der Waals surface area contributed by atoms with Crippen LogP contribution >= 0.6 is 23.2 Å². The molecule has 0 saturated heterocycles. The van der Waals surface area contributed by atoms with E-state index in [9.17, 15) is 9.90 Å². The highest BCUT2D eigenvalue weighted by Gasteiger charge is 2.08. The maximum Gasteiger partial charge on any atom is 0.0763 e. The van der Waals surface area contributed by atoms with Crippen molar-refractivity contribution >= 4 is 40.5 Å². The third kappa shape index (κ3) is 2.58. The lowest BCUT2D eigenvalue weighted by atomic mass is 10.1. The van der Waals surface area contributed by atoms with Gasteiger partial charge in [0.1, 0.15) is 0 Å². The molecule has 92 valence electrons. The van der Waals surface area contributed by atoms with Gasteiger partial charge in [0.25, 0.3) is 0 Å². The van der Waals surface area contributed by atoms with Gasteiger partial charge in [0.15, 0.2) is 0 Å². The Kier molecular flexibility index (Phi) is 3.75. The van der Waals surface area contributed by atoms with Crippen molar-refractivity contribution < 1.29 is 9.90 Å². The molecule has 2 aromatic carbocycles. The van der Waals surface area contributed by atoms with E-state index in [4.69, 9.17) is 23.2 Å². The molecule has 0 saturated carbocycles. The molecule has 0 heterocycles. The highest BCUT2D eigenvalue weighted by molar-refractivity contribution is 6.39. The summed E-state index contributed by atoms with van der Waals surface area (Å²) in [7, 11) is 0. The minimum atomic E-state index is -1.26. The fourth-order valence-electron chi connectivity index (χ4n) is 1.52. The first-order valence-electron chi connectivity index (χ1n) is 5.11. The summed E-state index contributed by atoms with van der Waals surface area (Å²) in [5, 5.41) is 14.7. The molecule has 2 aromatic rings. The van der Waals surface area contributed by atoms with Gasteiger partial charge >= 0.3 is 0 Å². The van der Waals surface area contributed by atoms with E-state index in [0.717, 1.165) is 0 Å². The summed E-state index contributed by atoms with van der Waals surface area (Å²) >= 11 is 12.0. The molecule has 0 amide bonds. The van der Waals surface area contributed by atoms with E-state index >= 15 is 0 Å². The molecule has 0 aromatic heterocycles. The quantitative estimate of drug-likeness (QED) is 0.940. The van der Waals surface area contributed by atoms with E-state index in [2.05, 4.69) is 5.32 Å². The normalized spacial score (nSPS) is 10.1. The number of halogens is 2. The molecular weight excluding hydrogens is 273 g/mol. The van der Waals surface area contributed by atoms with E-state index < -0.39 is 5.97 Å². The number of anilines is 2. The second kappa shape index (κ2) is 5.29. The lowest BCUT2D eigenvalue weighted by molar-refractivity contribution is -0.254. The second-order valence-corrected chi connectivity index (χ2v) is 4.37. The number of rotatable bonds is 3. The monoisotopic (exact) mass is 280 g/mol. The molecule has 0 unspecified atom stereocenters. The first-order valence-corrected chi connectivity index (χ1v) is 5.86. The van der Waals surface area contributed by atoms with Crippen LogP contribution in [0.1, 0.15) is 10.4 Å². The average molecular weight is 281 g/mol. The number of carboxylic acids is 1. The van der Waals surface area contributed by atoms with Crippen LogP contribution in [0.15, 0.2) is 42.5 Å². The zero-order valence-corrected chi connectivity index (χ0v) is 10.6.